The van der Waals surface area contributed by atoms with E-state index in [4.69, 9.17) is 22.2 Å². The quantitative estimate of drug-likeness (QED) is 0.353. The fourth-order valence-corrected chi connectivity index (χ4v) is 2.52. The highest BCUT2D eigenvalue weighted by molar-refractivity contribution is 7.80. The number of pyridine rings is 1. The molecule has 0 fully saturated rings. The Morgan fingerprint density at radius 1 is 1.08 bits per heavy atom. The number of nitrogens with one attached hydrogen (secondary N) is 2. The van der Waals surface area contributed by atoms with Gasteiger partial charge >= 0.3 is 0 Å². The van der Waals surface area contributed by atoms with Gasteiger partial charge < -0.3 is 10.1 Å². The maximum absolute atomic E-state index is 12.2. The second-order valence-electron chi connectivity index (χ2n) is 5.46. The molecule has 0 aliphatic heterocycles. The van der Waals surface area contributed by atoms with Crippen LogP contribution in [0.15, 0.2) is 60.7 Å². The highest BCUT2D eigenvalue weighted by Crippen LogP contribution is 2.13. The predicted octanol–water partition coefficient (Wildman–Crippen LogP) is 2.70. The zero-order valence-corrected chi connectivity index (χ0v) is 14.6. The molecule has 1 aromatic heterocycles. The number of rotatable bonds is 6. The first-order chi connectivity index (χ1) is 12.7. The Hall–Kier alpha value is -3.03. The van der Waals surface area contributed by atoms with E-state index in [-0.39, 0.29) is 10.9 Å². The minimum Gasteiger partial charge on any atom is -0.492 e. The largest absolute Gasteiger partial charge is 0.492 e. The van der Waals surface area contributed by atoms with Gasteiger partial charge in [0.25, 0.3) is 5.91 Å². The van der Waals surface area contributed by atoms with Crippen molar-refractivity contribution in [2.24, 2.45) is 0 Å². The summed E-state index contributed by atoms with van der Waals surface area (Å²) >= 11 is 4.92. The van der Waals surface area contributed by atoms with Crippen molar-refractivity contribution in [2.75, 3.05) is 13.2 Å². The number of hydrogen-bond acceptors (Lipinski definition) is 5. The van der Waals surface area contributed by atoms with Crippen LogP contribution in [0.3, 0.4) is 0 Å². The van der Waals surface area contributed by atoms with Crippen LogP contribution in [-0.2, 0) is 0 Å². The second-order valence-corrected chi connectivity index (χ2v) is 5.87. The normalized spacial score (nSPS) is 10.3. The number of aromatic nitrogens is 1. The molecule has 132 valence electrons. The number of carbonyl (C=O) groups excluding carboxylic acids is 1. The molecule has 1 amide bonds. The molecule has 26 heavy (non-hydrogen) atoms. The van der Waals surface area contributed by atoms with Crippen molar-refractivity contribution in [2.45, 2.75) is 0 Å². The first-order valence-electron chi connectivity index (χ1n) is 7.98. The minimum absolute atomic E-state index is 0.242. The van der Waals surface area contributed by atoms with Gasteiger partial charge in [-0.15, -0.1) is 0 Å². The molecule has 3 N–H and O–H groups in total. The van der Waals surface area contributed by atoms with Crippen molar-refractivity contribution in [3.63, 3.8) is 0 Å². The maximum atomic E-state index is 12.2. The Balaban J connectivity index is 1.49. The van der Waals surface area contributed by atoms with E-state index < -0.39 is 0 Å². The zero-order chi connectivity index (χ0) is 18.4. The van der Waals surface area contributed by atoms with Crippen molar-refractivity contribution in [3.8, 4) is 5.75 Å². The number of ether oxygens (including phenoxy) is 1. The third-order valence-electron chi connectivity index (χ3n) is 3.71. The lowest BCUT2D eigenvalue weighted by molar-refractivity contribution is 0.0942. The molecule has 0 bridgehead atoms. The van der Waals surface area contributed by atoms with E-state index in [2.05, 4.69) is 10.3 Å². The molecule has 0 aliphatic carbocycles. The van der Waals surface area contributed by atoms with Crippen molar-refractivity contribution in [1.29, 1.82) is 0 Å². The summed E-state index contributed by atoms with van der Waals surface area (Å²) in [5, 5.41) is 12.5. The van der Waals surface area contributed by atoms with Gasteiger partial charge in [-0.25, -0.2) is 4.98 Å². The molecule has 3 rings (SSSR count). The van der Waals surface area contributed by atoms with Crippen LogP contribution < -0.4 is 15.5 Å². The number of thiocarbonyl (C=S) groups is 1. The molecule has 3 aromatic rings. The summed E-state index contributed by atoms with van der Waals surface area (Å²) in [5.41, 5.74) is 3.77. The number of fused-ring (bicyclic) bond motifs is 1. The van der Waals surface area contributed by atoms with Crippen LogP contribution in [0.4, 0.5) is 0 Å². The van der Waals surface area contributed by atoms with E-state index in [1.807, 2.05) is 35.8 Å². The van der Waals surface area contributed by atoms with Crippen molar-refractivity contribution < 1.29 is 14.7 Å². The van der Waals surface area contributed by atoms with Crippen molar-refractivity contribution in [3.05, 3.63) is 71.9 Å². The van der Waals surface area contributed by atoms with Crippen molar-refractivity contribution in [1.82, 2.24) is 15.8 Å². The standard InChI is InChI=1S/C19H17N3O3S/c23-18(17-10-7-13-3-1-2-4-16(13)21-17)20-11-12-25-15-8-5-14(6-9-15)19(26)22-24/h1-10,24H,11-12H2,(H,20,23)(H,22,26). The van der Waals surface area contributed by atoms with Gasteiger partial charge in [0.15, 0.2) is 0 Å². The molecular weight excluding hydrogens is 350 g/mol. The molecule has 2 aromatic carbocycles. The number of nitrogens with zero attached hydrogens (tertiary/aromatic N) is 1. The van der Waals surface area contributed by atoms with Crippen LogP contribution in [0.1, 0.15) is 16.1 Å². The summed E-state index contributed by atoms with van der Waals surface area (Å²) in [5.74, 6) is 0.404. The average molecular weight is 367 g/mol. The molecule has 0 radical (unpaired) electrons. The van der Waals surface area contributed by atoms with Gasteiger partial charge in [0, 0.05) is 10.9 Å². The number of benzene rings is 2. The summed E-state index contributed by atoms with van der Waals surface area (Å²) in [6, 6.07) is 18.2. The lowest BCUT2D eigenvalue weighted by Gasteiger charge is -2.09. The first-order valence-corrected chi connectivity index (χ1v) is 8.39. The second kappa shape index (κ2) is 8.37. The van der Waals surface area contributed by atoms with Crippen LogP contribution in [0, 0.1) is 0 Å². The fraction of sp³-hybridized carbons (Fsp3) is 0.105. The number of carbonyl (C=O) groups is 1. The molecule has 6 nitrogen and oxygen atoms in total. The molecule has 0 saturated carbocycles. The fourth-order valence-electron chi connectivity index (χ4n) is 2.38. The number of amides is 1. The third kappa shape index (κ3) is 4.33. The smallest absolute Gasteiger partial charge is 0.270 e. The highest BCUT2D eigenvalue weighted by atomic mass is 32.1. The Kier molecular flexibility index (Phi) is 5.73. The van der Waals surface area contributed by atoms with Crippen LogP contribution in [0.2, 0.25) is 0 Å². The maximum Gasteiger partial charge on any atom is 0.270 e. The monoisotopic (exact) mass is 367 g/mol. The summed E-state index contributed by atoms with van der Waals surface area (Å²) in [6.07, 6.45) is 0. The Labute approximate surface area is 155 Å². The summed E-state index contributed by atoms with van der Waals surface area (Å²) < 4.78 is 5.57. The molecule has 7 heteroatoms. The van der Waals surface area contributed by atoms with E-state index in [1.165, 1.54) is 0 Å². The highest BCUT2D eigenvalue weighted by Gasteiger charge is 2.07. The molecule has 0 unspecified atom stereocenters. The van der Waals surface area contributed by atoms with Gasteiger partial charge in [0.1, 0.15) is 23.0 Å². The molecule has 0 atom stereocenters. The van der Waals surface area contributed by atoms with Gasteiger partial charge in [0.05, 0.1) is 12.1 Å². The SMILES string of the molecule is O=C(NCCOc1ccc(C(=S)NO)cc1)c1ccc2ccccc2n1. The number of para-hydroxylation sites is 1. The summed E-state index contributed by atoms with van der Waals surface area (Å²) in [4.78, 5) is 16.8. The van der Waals surface area contributed by atoms with Gasteiger partial charge in [-0.2, -0.15) is 0 Å². The molecule has 0 spiro atoms. The lowest BCUT2D eigenvalue weighted by atomic mass is 10.2. The number of hydrogen-bond donors (Lipinski definition) is 3. The molecule has 0 aliphatic rings. The number of hydroxylamine groups is 1. The van der Waals surface area contributed by atoms with E-state index >= 15 is 0 Å². The van der Waals surface area contributed by atoms with Gasteiger partial charge in [-0.3, -0.25) is 15.5 Å². The van der Waals surface area contributed by atoms with E-state index in [9.17, 15) is 4.79 Å². The van der Waals surface area contributed by atoms with E-state index in [1.54, 1.807) is 30.3 Å². The Bertz CT molecular complexity index is 929. The van der Waals surface area contributed by atoms with Gasteiger partial charge in [-0.1, -0.05) is 36.5 Å². The van der Waals surface area contributed by atoms with E-state index in [0.717, 1.165) is 10.9 Å². The van der Waals surface area contributed by atoms with Crippen molar-refractivity contribution >= 4 is 34.0 Å². The average Bonchev–Trinajstić information content (AvgIpc) is 2.70. The lowest BCUT2D eigenvalue weighted by Crippen LogP contribution is -2.28. The summed E-state index contributed by atoms with van der Waals surface area (Å²) in [7, 11) is 0. The zero-order valence-electron chi connectivity index (χ0n) is 13.8. The van der Waals surface area contributed by atoms with Gasteiger partial charge in [0.2, 0.25) is 0 Å². The minimum atomic E-state index is -0.242. The van der Waals surface area contributed by atoms with E-state index in [0.29, 0.717) is 30.2 Å². The summed E-state index contributed by atoms with van der Waals surface area (Å²) in [6.45, 7) is 0.674. The molecular formula is C19H17N3O3S. The van der Waals surface area contributed by atoms with Gasteiger partial charge in [-0.05, 0) is 36.4 Å². The van der Waals surface area contributed by atoms with Crippen LogP contribution in [0.5, 0.6) is 5.75 Å². The first kappa shape index (κ1) is 17.8. The Morgan fingerprint density at radius 2 is 1.85 bits per heavy atom. The predicted molar refractivity (Wildman–Crippen MR) is 103 cm³/mol. The molecule has 1 heterocycles. The third-order valence-corrected chi connectivity index (χ3v) is 4.03. The molecule has 0 saturated heterocycles. The topological polar surface area (TPSA) is 83.5 Å². The van der Waals surface area contributed by atoms with Crippen LogP contribution in [-0.4, -0.2) is 34.2 Å². The van der Waals surface area contributed by atoms with Crippen LogP contribution in [0.25, 0.3) is 10.9 Å². The Morgan fingerprint density at radius 3 is 2.62 bits per heavy atom. The van der Waals surface area contributed by atoms with Crippen LogP contribution >= 0.6 is 12.2 Å².